The molecule has 0 fully saturated rings. The number of aromatic nitrogens is 2. The van der Waals surface area contributed by atoms with E-state index in [9.17, 15) is 9.59 Å². The highest BCUT2D eigenvalue weighted by atomic mass is 32.2. The quantitative estimate of drug-likeness (QED) is 0.330. The molecule has 0 bridgehead atoms. The number of benzene rings is 1. The second-order valence-electron chi connectivity index (χ2n) is 7.10. The number of anilines is 1. The maximum Gasteiger partial charge on any atom is 0.263 e. The number of amides is 1. The summed E-state index contributed by atoms with van der Waals surface area (Å²) in [4.78, 5) is 34.3. The van der Waals surface area contributed by atoms with Gasteiger partial charge in [0.25, 0.3) is 5.56 Å². The zero-order valence-corrected chi connectivity index (χ0v) is 18.4. The average molecular weight is 439 g/mol. The summed E-state index contributed by atoms with van der Waals surface area (Å²) < 4.78 is 1.67. The third-order valence-corrected chi connectivity index (χ3v) is 7.43. The fourth-order valence-electron chi connectivity index (χ4n) is 3.82. The molecule has 1 aromatic carbocycles. The number of fused-ring (bicyclic) bond motifs is 3. The topological polar surface area (TPSA) is 79.0 Å². The van der Waals surface area contributed by atoms with Crippen LogP contribution >= 0.6 is 23.1 Å². The van der Waals surface area contributed by atoms with Gasteiger partial charge in [-0.2, -0.15) is 5.26 Å². The highest BCUT2D eigenvalue weighted by molar-refractivity contribution is 7.99. The summed E-state index contributed by atoms with van der Waals surface area (Å²) in [6.45, 7) is 2.41. The molecule has 1 aliphatic rings. The largest absolute Gasteiger partial charge is 0.298 e. The Kier molecular flexibility index (Phi) is 6.21. The van der Waals surface area contributed by atoms with Gasteiger partial charge in [0.1, 0.15) is 11.4 Å². The summed E-state index contributed by atoms with van der Waals surface area (Å²) in [5.74, 6) is -0.0743. The third kappa shape index (κ3) is 3.87. The third-order valence-electron chi connectivity index (χ3n) is 5.28. The molecular formula is C22H22N4O2S2. The summed E-state index contributed by atoms with van der Waals surface area (Å²) >= 11 is 2.88. The molecule has 0 aliphatic heterocycles. The SMILES string of the molecule is CCn1c(SCC(=O)N(CC#N)c2ccccc2)nc2sc3c(c2c1=O)CCCC3. The van der Waals surface area contributed by atoms with Crippen molar-refractivity contribution < 1.29 is 4.79 Å². The van der Waals surface area contributed by atoms with Crippen molar-refractivity contribution in [3.8, 4) is 6.07 Å². The van der Waals surface area contributed by atoms with Crippen LogP contribution in [0.15, 0.2) is 40.3 Å². The molecule has 0 saturated heterocycles. The molecule has 154 valence electrons. The van der Waals surface area contributed by atoms with E-state index >= 15 is 0 Å². The van der Waals surface area contributed by atoms with Crippen LogP contribution in [0.1, 0.15) is 30.2 Å². The number of aryl methyl sites for hydroxylation is 2. The van der Waals surface area contributed by atoms with Gasteiger partial charge in [0, 0.05) is 17.1 Å². The Balaban J connectivity index is 1.63. The number of thiophene rings is 1. The lowest BCUT2D eigenvalue weighted by atomic mass is 9.97. The number of nitrogens with zero attached hydrogens (tertiary/aromatic N) is 4. The molecule has 2 aromatic heterocycles. The number of rotatable bonds is 6. The smallest absolute Gasteiger partial charge is 0.263 e. The summed E-state index contributed by atoms with van der Waals surface area (Å²) in [6, 6.07) is 11.2. The molecule has 4 rings (SSSR count). The van der Waals surface area contributed by atoms with Crippen molar-refractivity contribution in [1.29, 1.82) is 5.26 Å². The van der Waals surface area contributed by atoms with Crippen LogP contribution in [0.2, 0.25) is 0 Å². The predicted octanol–water partition coefficient (Wildman–Crippen LogP) is 4.01. The van der Waals surface area contributed by atoms with Gasteiger partial charge < -0.3 is 0 Å². The van der Waals surface area contributed by atoms with Crippen molar-refractivity contribution in [2.75, 3.05) is 17.2 Å². The van der Waals surface area contributed by atoms with E-state index in [1.165, 1.54) is 27.1 Å². The standard InChI is InChI=1S/C22H22N4O2S2/c1-2-25-21(28)19-16-10-6-7-11-17(16)30-20(19)24-22(25)29-14-18(27)26(13-12-23)15-8-4-3-5-9-15/h3-5,8-9H,2,6-7,10-11,13-14H2,1H3. The van der Waals surface area contributed by atoms with Crippen molar-refractivity contribution in [1.82, 2.24) is 9.55 Å². The Morgan fingerprint density at radius 3 is 2.80 bits per heavy atom. The number of nitriles is 1. The van der Waals surface area contributed by atoms with E-state index in [0.717, 1.165) is 35.9 Å². The predicted molar refractivity (Wildman–Crippen MR) is 121 cm³/mol. The molecule has 1 amide bonds. The number of thioether (sulfide) groups is 1. The monoisotopic (exact) mass is 438 g/mol. The minimum atomic E-state index is -0.185. The van der Waals surface area contributed by atoms with E-state index in [4.69, 9.17) is 10.2 Å². The van der Waals surface area contributed by atoms with Crippen LogP contribution in [0, 0.1) is 11.3 Å². The highest BCUT2D eigenvalue weighted by Crippen LogP contribution is 2.34. The fraction of sp³-hybridized carbons (Fsp3) is 0.364. The molecule has 8 heteroatoms. The van der Waals surface area contributed by atoms with Crippen LogP contribution < -0.4 is 10.5 Å². The molecule has 0 saturated carbocycles. The first-order valence-electron chi connectivity index (χ1n) is 10.0. The summed E-state index contributed by atoms with van der Waals surface area (Å²) in [5.41, 5.74) is 1.86. The van der Waals surface area contributed by atoms with Gasteiger partial charge in [-0.05, 0) is 50.3 Å². The second kappa shape index (κ2) is 9.02. The Morgan fingerprint density at radius 2 is 2.07 bits per heavy atom. The molecule has 3 aromatic rings. The van der Waals surface area contributed by atoms with Gasteiger partial charge >= 0.3 is 0 Å². The van der Waals surface area contributed by atoms with Crippen LogP contribution in [0.5, 0.6) is 0 Å². The first-order chi connectivity index (χ1) is 14.6. The summed E-state index contributed by atoms with van der Waals surface area (Å²) in [5, 5.41) is 10.5. The molecular weight excluding hydrogens is 416 g/mol. The lowest BCUT2D eigenvalue weighted by Crippen LogP contribution is -2.33. The van der Waals surface area contributed by atoms with Crippen LogP contribution in [0.25, 0.3) is 10.2 Å². The normalized spacial score (nSPS) is 13.1. The number of hydrogen-bond donors (Lipinski definition) is 0. The Bertz CT molecular complexity index is 1180. The number of carbonyl (C=O) groups is 1. The zero-order chi connectivity index (χ0) is 21.1. The van der Waals surface area contributed by atoms with Crippen molar-refractivity contribution >= 4 is 44.9 Å². The second-order valence-corrected chi connectivity index (χ2v) is 9.12. The minimum absolute atomic E-state index is 0.00575. The Morgan fingerprint density at radius 1 is 1.30 bits per heavy atom. The number of carbonyl (C=O) groups excluding carboxylic acids is 1. The lowest BCUT2D eigenvalue weighted by Gasteiger charge is -2.19. The highest BCUT2D eigenvalue weighted by Gasteiger charge is 2.23. The van der Waals surface area contributed by atoms with Crippen LogP contribution in [0.3, 0.4) is 0 Å². The van der Waals surface area contributed by atoms with E-state index in [2.05, 4.69) is 6.07 Å². The van der Waals surface area contributed by atoms with Crippen molar-refractivity contribution in [2.24, 2.45) is 0 Å². The van der Waals surface area contributed by atoms with Gasteiger partial charge in [0.2, 0.25) is 5.91 Å². The maximum absolute atomic E-state index is 13.2. The van der Waals surface area contributed by atoms with Crippen LogP contribution in [-0.2, 0) is 24.2 Å². The number of para-hydroxylation sites is 1. The summed E-state index contributed by atoms with van der Waals surface area (Å²) in [7, 11) is 0. The molecule has 30 heavy (non-hydrogen) atoms. The van der Waals surface area contributed by atoms with Crippen molar-refractivity contribution in [2.45, 2.75) is 44.3 Å². The van der Waals surface area contributed by atoms with Crippen LogP contribution in [-0.4, -0.2) is 27.8 Å². The fourth-order valence-corrected chi connectivity index (χ4v) is 6.06. The van der Waals surface area contributed by atoms with E-state index in [-0.39, 0.29) is 23.8 Å². The number of hydrogen-bond acceptors (Lipinski definition) is 6. The molecule has 6 nitrogen and oxygen atoms in total. The Labute approximate surface area is 183 Å². The van der Waals surface area contributed by atoms with E-state index < -0.39 is 0 Å². The maximum atomic E-state index is 13.2. The first-order valence-corrected chi connectivity index (χ1v) is 11.8. The van der Waals surface area contributed by atoms with Gasteiger partial charge in [0.15, 0.2) is 5.16 Å². The first kappa shape index (κ1) is 20.6. The van der Waals surface area contributed by atoms with Gasteiger partial charge in [-0.1, -0.05) is 30.0 Å². The van der Waals surface area contributed by atoms with Crippen molar-refractivity contribution in [3.05, 3.63) is 51.1 Å². The van der Waals surface area contributed by atoms with Crippen LogP contribution in [0.4, 0.5) is 5.69 Å². The van der Waals surface area contributed by atoms with Crippen molar-refractivity contribution in [3.63, 3.8) is 0 Å². The van der Waals surface area contributed by atoms with Gasteiger partial charge in [-0.15, -0.1) is 11.3 Å². The Hall–Kier alpha value is -2.63. The van der Waals surface area contributed by atoms with E-state index in [1.807, 2.05) is 37.3 Å². The molecule has 0 spiro atoms. The van der Waals surface area contributed by atoms with E-state index in [0.29, 0.717) is 17.4 Å². The van der Waals surface area contributed by atoms with E-state index in [1.54, 1.807) is 15.9 Å². The minimum Gasteiger partial charge on any atom is -0.298 e. The summed E-state index contributed by atoms with van der Waals surface area (Å²) in [6.07, 6.45) is 4.24. The molecule has 0 atom stereocenters. The lowest BCUT2D eigenvalue weighted by molar-refractivity contribution is -0.116. The molecule has 0 N–H and O–H groups in total. The molecule has 1 aliphatic carbocycles. The van der Waals surface area contributed by atoms with Gasteiger partial charge in [-0.3, -0.25) is 19.1 Å². The van der Waals surface area contributed by atoms with Gasteiger partial charge in [0.05, 0.1) is 17.2 Å². The zero-order valence-electron chi connectivity index (χ0n) is 16.8. The molecule has 2 heterocycles. The van der Waals surface area contributed by atoms with Gasteiger partial charge in [-0.25, -0.2) is 4.98 Å². The molecule has 0 unspecified atom stereocenters. The molecule has 0 radical (unpaired) electrons. The average Bonchev–Trinajstić information content (AvgIpc) is 3.15.